The number of aliphatic carboxylic acids is 1. The lowest BCUT2D eigenvalue weighted by molar-refractivity contribution is -0.136. The van der Waals surface area contributed by atoms with Gasteiger partial charge in [-0.2, -0.15) is 0 Å². The van der Waals surface area contributed by atoms with E-state index >= 15 is 0 Å². The van der Waals surface area contributed by atoms with Crippen LogP contribution in [-0.4, -0.2) is 21.0 Å². The monoisotopic (exact) mass is 430 g/mol. The normalized spacial score (nSPS) is 11.0. The van der Waals surface area contributed by atoms with Crippen molar-refractivity contribution in [1.29, 1.82) is 0 Å². The van der Waals surface area contributed by atoms with Gasteiger partial charge in [-0.25, -0.2) is 23.1 Å². The molecule has 0 aliphatic rings. The number of hydrogen-bond donors (Lipinski definition) is 1. The third-order valence-electron chi connectivity index (χ3n) is 4.20. The van der Waals surface area contributed by atoms with Gasteiger partial charge in [-0.15, -0.1) is 11.3 Å². The standard InChI is InChI=1S/C21H13F3N2O3S/c22-14-9-15(23)20-19(18(14)24)26-16(30-20)7-11-6-12(8-17(27)28)21(25-10-11)29-13-4-2-1-3-5-13/h1-6,9-10H,7-8H2,(H,27,28). The second-order valence-electron chi connectivity index (χ2n) is 6.41. The number of ether oxygens (including phenoxy) is 1. The number of thiazole rings is 1. The maximum Gasteiger partial charge on any atom is 0.308 e. The molecule has 4 rings (SSSR count). The van der Waals surface area contributed by atoms with E-state index in [1.807, 2.05) is 6.07 Å². The van der Waals surface area contributed by atoms with Gasteiger partial charge in [0.05, 0.1) is 16.1 Å². The Labute approximate surface area is 172 Å². The molecule has 0 unspecified atom stereocenters. The molecule has 0 atom stereocenters. The molecule has 0 bridgehead atoms. The largest absolute Gasteiger partial charge is 0.481 e. The van der Waals surface area contributed by atoms with Crippen molar-refractivity contribution in [3.63, 3.8) is 0 Å². The van der Waals surface area contributed by atoms with Crippen molar-refractivity contribution in [2.24, 2.45) is 0 Å². The Morgan fingerprint density at radius 2 is 1.87 bits per heavy atom. The Kier molecular flexibility index (Phi) is 5.37. The number of rotatable bonds is 6. The Balaban J connectivity index is 1.66. The quantitative estimate of drug-likeness (QED) is 0.430. The van der Waals surface area contributed by atoms with Gasteiger partial charge in [-0.1, -0.05) is 18.2 Å². The van der Waals surface area contributed by atoms with E-state index in [4.69, 9.17) is 4.74 Å². The number of halogens is 3. The number of benzene rings is 2. The molecule has 5 nitrogen and oxygen atoms in total. The van der Waals surface area contributed by atoms with Gasteiger partial charge >= 0.3 is 5.97 Å². The lowest BCUT2D eigenvalue weighted by Crippen LogP contribution is -2.05. The van der Waals surface area contributed by atoms with Gasteiger partial charge in [-0.05, 0) is 23.8 Å². The molecule has 1 N–H and O–H groups in total. The fraction of sp³-hybridized carbons (Fsp3) is 0.0952. The maximum atomic E-state index is 13.9. The molecular weight excluding hydrogens is 417 g/mol. The summed E-state index contributed by atoms with van der Waals surface area (Å²) in [4.78, 5) is 19.5. The van der Waals surface area contributed by atoms with E-state index in [0.29, 0.717) is 28.0 Å². The molecule has 2 aromatic heterocycles. The summed E-state index contributed by atoms with van der Waals surface area (Å²) in [6.07, 6.45) is 1.30. The van der Waals surface area contributed by atoms with Crippen molar-refractivity contribution in [3.8, 4) is 11.6 Å². The summed E-state index contributed by atoms with van der Waals surface area (Å²) >= 11 is 0.900. The molecule has 0 fully saturated rings. The van der Waals surface area contributed by atoms with Crippen LogP contribution >= 0.6 is 11.3 Å². The predicted octanol–water partition coefficient (Wildman–Crippen LogP) is 5.12. The van der Waals surface area contributed by atoms with Gasteiger partial charge < -0.3 is 9.84 Å². The zero-order valence-electron chi connectivity index (χ0n) is 15.2. The summed E-state index contributed by atoms with van der Waals surface area (Å²) in [5.41, 5.74) is 0.552. The molecule has 152 valence electrons. The third kappa shape index (κ3) is 4.11. The summed E-state index contributed by atoms with van der Waals surface area (Å²) in [6.45, 7) is 0. The topological polar surface area (TPSA) is 72.3 Å². The van der Waals surface area contributed by atoms with Crippen LogP contribution in [0.2, 0.25) is 0 Å². The minimum atomic E-state index is -1.30. The number of aromatic nitrogens is 2. The molecule has 0 aliphatic carbocycles. The highest BCUT2D eigenvalue weighted by atomic mass is 32.1. The Bertz CT molecular complexity index is 1250. The lowest BCUT2D eigenvalue weighted by Gasteiger charge is -2.10. The first-order valence-electron chi connectivity index (χ1n) is 8.76. The molecule has 4 aromatic rings. The number of pyridine rings is 1. The second kappa shape index (κ2) is 8.11. The van der Waals surface area contributed by atoms with Crippen LogP contribution < -0.4 is 4.74 Å². The van der Waals surface area contributed by atoms with Crippen molar-refractivity contribution in [2.75, 3.05) is 0 Å². The predicted molar refractivity (Wildman–Crippen MR) is 104 cm³/mol. The van der Waals surface area contributed by atoms with Crippen molar-refractivity contribution in [2.45, 2.75) is 12.8 Å². The fourth-order valence-corrected chi connectivity index (χ4v) is 3.90. The SMILES string of the molecule is O=C(O)Cc1cc(Cc2nc3c(F)c(F)cc(F)c3s2)cnc1Oc1ccccc1. The van der Waals surface area contributed by atoms with Crippen LogP contribution in [0.1, 0.15) is 16.1 Å². The molecule has 0 aliphatic heterocycles. The van der Waals surface area contributed by atoms with E-state index in [9.17, 15) is 23.1 Å². The summed E-state index contributed by atoms with van der Waals surface area (Å²) in [7, 11) is 0. The molecular formula is C21H13F3N2O3S. The van der Waals surface area contributed by atoms with Crippen LogP contribution in [0.5, 0.6) is 11.6 Å². The number of hydrogen-bond acceptors (Lipinski definition) is 5. The van der Waals surface area contributed by atoms with Gasteiger partial charge in [0.1, 0.15) is 17.1 Å². The number of carbonyl (C=O) groups is 1. The number of carboxylic acid groups (broad SMARTS) is 1. The summed E-state index contributed by atoms with van der Waals surface area (Å²) in [6, 6.07) is 10.9. The molecule has 2 aromatic carbocycles. The van der Waals surface area contributed by atoms with E-state index in [1.165, 1.54) is 6.20 Å². The van der Waals surface area contributed by atoms with Crippen LogP contribution in [0.25, 0.3) is 10.2 Å². The molecule has 30 heavy (non-hydrogen) atoms. The van der Waals surface area contributed by atoms with Crippen LogP contribution in [0.4, 0.5) is 13.2 Å². The lowest BCUT2D eigenvalue weighted by atomic mass is 10.1. The van der Waals surface area contributed by atoms with E-state index in [0.717, 1.165) is 11.3 Å². The average molecular weight is 430 g/mol. The molecule has 2 heterocycles. The number of para-hydroxylation sites is 1. The van der Waals surface area contributed by atoms with Gasteiger partial charge in [0.15, 0.2) is 11.6 Å². The molecule has 0 radical (unpaired) electrons. The van der Waals surface area contributed by atoms with Crippen molar-refractivity contribution < 1.29 is 27.8 Å². The van der Waals surface area contributed by atoms with Gasteiger partial charge in [0, 0.05) is 24.2 Å². The maximum absolute atomic E-state index is 13.9. The van der Waals surface area contributed by atoms with Gasteiger partial charge in [0.2, 0.25) is 5.88 Å². The van der Waals surface area contributed by atoms with Gasteiger partial charge in [0.25, 0.3) is 0 Å². The first-order chi connectivity index (χ1) is 14.4. The number of carboxylic acids is 1. The highest BCUT2D eigenvalue weighted by molar-refractivity contribution is 7.18. The molecule has 0 saturated heterocycles. The van der Waals surface area contributed by atoms with Crippen molar-refractivity contribution >= 4 is 27.5 Å². The zero-order chi connectivity index (χ0) is 21.3. The van der Waals surface area contributed by atoms with E-state index < -0.39 is 23.4 Å². The fourth-order valence-electron chi connectivity index (χ4n) is 2.90. The summed E-state index contributed by atoms with van der Waals surface area (Å²) < 4.78 is 46.8. The molecule has 0 saturated carbocycles. The van der Waals surface area contributed by atoms with Crippen LogP contribution in [0.3, 0.4) is 0 Å². The van der Waals surface area contributed by atoms with Gasteiger partial charge in [-0.3, -0.25) is 4.79 Å². The van der Waals surface area contributed by atoms with E-state index in [-0.39, 0.29) is 28.9 Å². The molecule has 0 spiro atoms. The molecule has 9 heteroatoms. The zero-order valence-corrected chi connectivity index (χ0v) is 16.0. The van der Waals surface area contributed by atoms with Crippen molar-refractivity contribution in [3.05, 3.63) is 82.2 Å². The summed E-state index contributed by atoms with van der Waals surface area (Å²) in [5.74, 6) is -3.80. The second-order valence-corrected chi connectivity index (χ2v) is 7.49. The summed E-state index contributed by atoms with van der Waals surface area (Å²) in [5, 5.41) is 9.55. The number of fused-ring (bicyclic) bond motifs is 1. The first kappa shape index (κ1) is 19.8. The highest BCUT2D eigenvalue weighted by Gasteiger charge is 2.18. The highest BCUT2D eigenvalue weighted by Crippen LogP contribution is 2.31. The van der Waals surface area contributed by atoms with E-state index in [2.05, 4.69) is 9.97 Å². The molecule has 0 amide bonds. The number of nitrogens with zero attached hydrogens (tertiary/aromatic N) is 2. The third-order valence-corrected chi connectivity index (χ3v) is 5.26. The van der Waals surface area contributed by atoms with Crippen molar-refractivity contribution in [1.82, 2.24) is 9.97 Å². The van der Waals surface area contributed by atoms with E-state index in [1.54, 1.807) is 30.3 Å². The smallest absolute Gasteiger partial charge is 0.308 e. The Morgan fingerprint density at radius 3 is 2.60 bits per heavy atom. The first-order valence-corrected chi connectivity index (χ1v) is 9.57. The van der Waals surface area contributed by atoms with Crippen LogP contribution in [0, 0.1) is 17.5 Å². The minimum absolute atomic E-state index is 0.0772. The Hall–Kier alpha value is -3.46. The minimum Gasteiger partial charge on any atom is -0.481 e. The van der Waals surface area contributed by atoms with Crippen LogP contribution in [0.15, 0.2) is 48.7 Å². The average Bonchev–Trinajstić information content (AvgIpc) is 3.13. The Morgan fingerprint density at radius 1 is 1.10 bits per heavy atom. The van der Waals surface area contributed by atoms with Crippen LogP contribution in [-0.2, 0) is 17.6 Å².